The minimum absolute atomic E-state index is 1.11. The van der Waals surface area contributed by atoms with Crippen LogP contribution in [0.15, 0.2) is 66.7 Å². The molecule has 88 valence electrons. The van der Waals surface area contributed by atoms with Crippen molar-refractivity contribution in [2.24, 2.45) is 0 Å². The highest BCUT2D eigenvalue weighted by molar-refractivity contribution is 5.72. The van der Waals surface area contributed by atoms with Crippen molar-refractivity contribution >= 4 is 11.4 Å². The van der Waals surface area contributed by atoms with Crippen molar-refractivity contribution in [2.45, 2.75) is 6.92 Å². The molecule has 2 aliphatic rings. The van der Waals surface area contributed by atoms with Crippen molar-refractivity contribution in [3.8, 4) is 11.1 Å². The van der Waals surface area contributed by atoms with E-state index in [0.29, 0.717) is 0 Å². The van der Waals surface area contributed by atoms with Crippen LogP contribution in [-0.2, 0) is 0 Å². The van der Waals surface area contributed by atoms with E-state index in [1.165, 1.54) is 16.7 Å². The second-order valence-electron chi connectivity index (χ2n) is 4.56. The van der Waals surface area contributed by atoms with E-state index in [-0.39, 0.29) is 0 Å². The van der Waals surface area contributed by atoms with Crippen molar-refractivity contribution in [3.05, 3.63) is 72.3 Å². The molecule has 1 N–H and O–H groups in total. The molecule has 0 atom stereocenters. The minimum Gasteiger partial charge on any atom is -0.356 e. The predicted molar refractivity (Wildman–Crippen MR) is 77.5 cm³/mol. The zero-order valence-electron chi connectivity index (χ0n) is 10.4. The first-order valence-corrected chi connectivity index (χ1v) is 6.14. The normalized spacial score (nSPS) is 10.5. The highest BCUT2D eigenvalue weighted by Crippen LogP contribution is 2.26. The van der Waals surface area contributed by atoms with Crippen LogP contribution in [0.2, 0.25) is 0 Å². The van der Waals surface area contributed by atoms with Gasteiger partial charge in [-0.15, -0.1) is 0 Å². The standard InChI is InChI=1S/C17H15N/c1-13-5-2-9-16(11-13)18-17-10-4-7-14-6-3-8-15(14)12-17/h2-12,18H,1H3. The van der Waals surface area contributed by atoms with Gasteiger partial charge >= 0.3 is 0 Å². The van der Waals surface area contributed by atoms with Gasteiger partial charge in [0.05, 0.1) is 0 Å². The molecule has 0 saturated heterocycles. The molecule has 0 aliphatic heterocycles. The van der Waals surface area contributed by atoms with Crippen molar-refractivity contribution in [1.82, 2.24) is 0 Å². The second kappa shape index (κ2) is 4.53. The first kappa shape index (κ1) is 10.8. The monoisotopic (exact) mass is 233 g/mol. The second-order valence-corrected chi connectivity index (χ2v) is 4.56. The predicted octanol–water partition coefficient (Wildman–Crippen LogP) is 4.84. The van der Waals surface area contributed by atoms with Gasteiger partial charge in [-0.1, -0.05) is 42.5 Å². The molecule has 1 aromatic carbocycles. The molecule has 0 heterocycles. The molecule has 0 fully saturated rings. The Morgan fingerprint density at radius 1 is 0.667 bits per heavy atom. The number of hydrogen-bond donors (Lipinski definition) is 1. The van der Waals surface area contributed by atoms with Crippen LogP contribution >= 0.6 is 0 Å². The molecule has 0 unspecified atom stereocenters. The SMILES string of the molecule is Cc1cccc(Nc2cccc3cccc-3c2)c1. The molecular weight excluding hydrogens is 218 g/mol. The van der Waals surface area contributed by atoms with Gasteiger partial charge in [0.2, 0.25) is 0 Å². The third-order valence-corrected chi connectivity index (χ3v) is 3.05. The summed E-state index contributed by atoms with van der Waals surface area (Å²) in [6.45, 7) is 2.10. The maximum absolute atomic E-state index is 3.45. The summed E-state index contributed by atoms with van der Waals surface area (Å²) < 4.78 is 0. The first-order chi connectivity index (χ1) is 8.81. The van der Waals surface area contributed by atoms with Crippen LogP contribution in [0.3, 0.4) is 0 Å². The zero-order chi connectivity index (χ0) is 12.4. The Balaban J connectivity index is 1.95. The van der Waals surface area contributed by atoms with Gasteiger partial charge in [0.15, 0.2) is 0 Å². The lowest BCUT2D eigenvalue weighted by molar-refractivity contribution is 1.45. The number of rotatable bonds is 2. The number of aryl methyl sites for hydroxylation is 1. The van der Waals surface area contributed by atoms with Gasteiger partial charge < -0.3 is 5.32 Å². The van der Waals surface area contributed by atoms with Crippen LogP contribution in [0.1, 0.15) is 5.56 Å². The molecule has 1 heteroatoms. The van der Waals surface area contributed by atoms with Crippen LogP contribution in [-0.4, -0.2) is 0 Å². The number of benzene rings is 1. The number of hydrogen-bond acceptors (Lipinski definition) is 1. The van der Waals surface area contributed by atoms with E-state index in [1.807, 2.05) is 0 Å². The van der Waals surface area contributed by atoms with E-state index < -0.39 is 0 Å². The van der Waals surface area contributed by atoms with Gasteiger partial charge in [0, 0.05) is 11.4 Å². The van der Waals surface area contributed by atoms with Crippen LogP contribution in [0, 0.1) is 6.92 Å². The summed E-state index contributed by atoms with van der Waals surface area (Å²) in [4.78, 5) is 0. The Hall–Kier alpha value is -2.28. The molecule has 0 spiro atoms. The van der Waals surface area contributed by atoms with Gasteiger partial charge in [-0.2, -0.15) is 0 Å². The van der Waals surface area contributed by atoms with Crippen molar-refractivity contribution in [1.29, 1.82) is 0 Å². The van der Waals surface area contributed by atoms with Gasteiger partial charge in [-0.05, 0) is 47.9 Å². The molecule has 1 nitrogen and oxygen atoms in total. The summed E-state index contributed by atoms with van der Waals surface area (Å²) >= 11 is 0. The van der Waals surface area contributed by atoms with Crippen molar-refractivity contribution in [2.75, 3.05) is 5.32 Å². The largest absolute Gasteiger partial charge is 0.356 e. The lowest BCUT2D eigenvalue weighted by atomic mass is 10.2. The topological polar surface area (TPSA) is 12.0 Å². The third kappa shape index (κ3) is 2.21. The van der Waals surface area contributed by atoms with Gasteiger partial charge in [-0.25, -0.2) is 0 Å². The van der Waals surface area contributed by atoms with E-state index in [4.69, 9.17) is 0 Å². The minimum atomic E-state index is 1.11. The van der Waals surface area contributed by atoms with Crippen molar-refractivity contribution < 1.29 is 0 Å². The lowest BCUT2D eigenvalue weighted by Crippen LogP contribution is -1.88. The molecular formula is C17H15N. The van der Waals surface area contributed by atoms with Crippen molar-refractivity contribution in [3.63, 3.8) is 0 Å². The Bertz CT molecular complexity index is 643. The quantitative estimate of drug-likeness (QED) is 0.667. The number of nitrogens with one attached hydrogen (secondary N) is 1. The summed E-state index contributed by atoms with van der Waals surface area (Å²) in [6, 6.07) is 23.3. The lowest BCUT2D eigenvalue weighted by Gasteiger charge is -2.05. The fraction of sp³-hybridized carbons (Fsp3) is 0.0588. The fourth-order valence-corrected chi connectivity index (χ4v) is 2.17. The van der Waals surface area contributed by atoms with E-state index >= 15 is 0 Å². The molecule has 1 aromatic rings. The summed E-state index contributed by atoms with van der Waals surface area (Å²) in [5, 5.41) is 3.45. The maximum atomic E-state index is 3.45. The number of fused-ring (bicyclic) bond motifs is 1. The molecule has 0 radical (unpaired) electrons. The molecule has 0 amide bonds. The van der Waals surface area contributed by atoms with E-state index in [9.17, 15) is 0 Å². The average Bonchev–Trinajstić information content (AvgIpc) is 2.69. The van der Waals surface area contributed by atoms with Crippen LogP contribution in [0.5, 0.6) is 0 Å². The van der Waals surface area contributed by atoms with Crippen LogP contribution in [0.4, 0.5) is 11.4 Å². The molecule has 2 aliphatic carbocycles. The van der Waals surface area contributed by atoms with Gasteiger partial charge in [-0.3, -0.25) is 0 Å². The Kier molecular flexibility index (Phi) is 2.73. The molecule has 0 aromatic heterocycles. The Morgan fingerprint density at radius 2 is 1.28 bits per heavy atom. The molecule has 3 rings (SSSR count). The Labute approximate surface area is 107 Å². The molecule has 18 heavy (non-hydrogen) atoms. The smallest absolute Gasteiger partial charge is 0.0390 e. The van der Waals surface area contributed by atoms with Crippen LogP contribution < -0.4 is 5.32 Å². The number of anilines is 2. The summed E-state index contributed by atoms with van der Waals surface area (Å²) in [5.74, 6) is 0. The summed E-state index contributed by atoms with van der Waals surface area (Å²) in [5.41, 5.74) is 6.03. The van der Waals surface area contributed by atoms with E-state index in [0.717, 1.165) is 11.4 Å². The van der Waals surface area contributed by atoms with E-state index in [2.05, 4.69) is 79.0 Å². The van der Waals surface area contributed by atoms with Gasteiger partial charge in [0.1, 0.15) is 0 Å². The maximum Gasteiger partial charge on any atom is 0.0390 e. The first-order valence-electron chi connectivity index (χ1n) is 6.14. The zero-order valence-corrected chi connectivity index (χ0v) is 10.4. The molecule has 0 bridgehead atoms. The highest BCUT2D eigenvalue weighted by atomic mass is 14.9. The average molecular weight is 233 g/mol. The summed E-state index contributed by atoms with van der Waals surface area (Å²) in [6.07, 6.45) is 0. The van der Waals surface area contributed by atoms with Crippen LogP contribution in [0.25, 0.3) is 11.1 Å². The summed E-state index contributed by atoms with van der Waals surface area (Å²) in [7, 11) is 0. The molecule has 0 saturated carbocycles. The Morgan fingerprint density at radius 3 is 2.06 bits per heavy atom. The third-order valence-electron chi connectivity index (χ3n) is 3.05. The van der Waals surface area contributed by atoms with E-state index in [1.54, 1.807) is 0 Å². The van der Waals surface area contributed by atoms with Gasteiger partial charge in [0.25, 0.3) is 0 Å². The highest BCUT2D eigenvalue weighted by Gasteiger charge is 2.01. The fourth-order valence-electron chi connectivity index (χ4n) is 2.17.